The number of aliphatic hydroxyl groups is 1. The fourth-order valence-electron chi connectivity index (χ4n) is 5.43. The molecule has 43 heavy (non-hydrogen) atoms. The first-order valence-corrected chi connectivity index (χ1v) is 14.2. The van der Waals surface area contributed by atoms with Crippen LogP contribution in [0.5, 0.6) is 11.5 Å². The average molecular weight is 593 g/mol. The van der Waals surface area contributed by atoms with E-state index >= 15 is 0 Å². The molecule has 11 heteroatoms. The summed E-state index contributed by atoms with van der Waals surface area (Å²) in [7, 11) is 3.22. The predicted octanol–water partition coefficient (Wildman–Crippen LogP) is 2.66. The number of fused-ring (bicyclic) bond motifs is 1. The maximum absolute atomic E-state index is 13.3. The summed E-state index contributed by atoms with van der Waals surface area (Å²) in [6.07, 6.45) is 0. The van der Waals surface area contributed by atoms with E-state index in [4.69, 9.17) is 14.2 Å². The molecule has 1 saturated heterocycles. The highest BCUT2D eigenvalue weighted by atomic mass is 19.1. The molecule has 4 aromatic rings. The van der Waals surface area contributed by atoms with Crippen LogP contribution in [0.2, 0.25) is 0 Å². The van der Waals surface area contributed by atoms with E-state index in [0.717, 1.165) is 16.6 Å². The van der Waals surface area contributed by atoms with Crippen molar-refractivity contribution >= 4 is 16.9 Å². The van der Waals surface area contributed by atoms with Crippen LogP contribution < -0.4 is 15.2 Å². The second-order valence-electron chi connectivity index (χ2n) is 10.9. The Labute approximate surface area is 249 Å². The molecule has 0 radical (unpaired) electrons. The average Bonchev–Trinajstić information content (AvgIpc) is 3.13. The highest BCUT2D eigenvalue weighted by molar-refractivity contribution is 5.77. The van der Waals surface area contributed by atoms with E-state index in [-0.39, 0.29) is 43.7 Å². The molecule has 0 saturated carbocycles. The minimum absolute atomic E-state index is 0.0710. The molecule has 1 unspecified atom stereocenters. The third-order valence-electron chi connectivity index (χ3n) is 7.60. The fraction of sp³-hybridized carbons (Fsp3) is 0.375. The molecule has 0 bridgehead atoms. The molecule has 0 spiro atoms. The number of nitrogens with zero attached hydrogens (tertiary/aromatic N) is 4. The van der Waals surface area contributed by atoms with Crippen molar-refractivity contribution in [3.8, 4) is 11.5 Å². The molecule has 1 aliphatic heterocycles. The zero-order chi connectivity index (χ0) is 30.4. The summed E-state index contributed by atoms with van der Waals surface area (Å²) in [4.78, 5) is 29.0. The van der Waals surface area contributed by atoms with Gasteiger partial charge in [0.25, 0.3) is 0 Å². The van der Waals surface area contributed by atoms with Crippen LogP contribution in [-0.4, -0.2) is 88.7 Å². The van der Waals surface area contributed by atoms with Crippen molar-refractivity contribution < 1.29 is 28.5 Å². The lowest BCUT2D eigenvalue weighted by Crippen LogP contribution is -2.52. The fourth-order valence-corrected chi connectivity index (χ4v) is 5.43. The van der Waals surface area contributed by atoms with Crippen molar-refractivity contribution in [3.63, 3.8) is 0 Å². The van der Waals surface area contributed by atoms with Gasteiger partial charge in [-0.3, -0.25) is 18.8 Å². The molecule has 1 aliphatic rings. The second kappa shape index (κ2) is 13.4. The number of hydrogen-bond donors (Lipinski definition) is 1. The number of β-amino-alcohol motifs (C(OH)–C–C–N with tert-alkyl or cyclic N) is 1. The number of para-hydroxylation sites is 2. The van der Waals surface area contributed by atoms with E-state index in [9.17, 15) is 19.1 Å². The van der Waals surface area contributed by atoms with E-state index in [1.165, 1.54) is 31.4 Å². The van der Waals surface area contributed by atoms with Gasteiger partial charge in [0.05, 0.1) is 24.1 Å². The number of imidazole rings is 1. The second-order valence-corrected chi connectivity index (χ2v) is 10.9. The van der Waals surface area contributed by atoms with Crippen LogP contribution in [0.25, 0.3) is 11.0 Å². The largest absolute Gasteiger partial charge is 0.492 e. The van der Waals surface area contributed by atoms with Gasteiger partial charge in [-0.1, -0.05) is 24.3 Å². The quantitative estimate of drug-likeness (QED) is 0.286. The highest BCUT2D eigenvalue weighted by Crippen LogP contribution is 2.21. The Morgan fingerprint density at radius 3 is 2.33 bits per heavy atom. The number of rotatable bonds is 11. The molecule has 1 amide bonds. The molecule has 2 heterocycles. The van der Waals surface area contributed by atoms with Crippen LogP contribution in [0.15, 0.2) is 77.6 Å². The van der Waals surface area contributed by atoms with Gasteiger partial charge in [-0.05, 0) is 54.1 Å². The molecule has 10 nitrogen and oxygen atoms in total. The van der Waals surface area contributed by atoms with Crippen LogP contribution in [0.3, 0.4) is 0 Å². The van der Waals surface area contributed by atoms with Crippen LogP contribution in [-0.2, 0) is 29.7 Å². The number of halogens is 1. The molecule has 1 atom stereocenters. The van der Waals surface area contributed by atoms with Gasteiger partial charge in [-0.25, -0.2) is 9.18 Å². The smallest absolute Gasteiger partial charge is 0.328 e. The summed E-state index contributed by atoms with van der Waals surface area (Å²) in [5, 5.41) is 11.6. The SMILES string of the molecule is COCC(=O)N1CCN(Cc2ccc(OCCn3c(=O)n(C)c4ccccc43)cc2)CC(O)(COc2ccc(F)cc2)C1. The standard InChI is InChI=1S/C32H37FN4O6/c1-34-28-5-3-4-6-29(28)37(31(34)39)17-18-42-26-11-7-24(8-12-26)19-35-15-16-36(30(38)20-41-2)22-32(40,21-35)23-43-27-13-9-25(33)10-14-27/h3-14,40H,15-23H2,1-2H3. The van der Waals surface area contributed by atoms with E-state index < -0.39 is 5.60 Å². The van der Waals surface area contributed by atoms with E-state index in [2.05, 4.69) is 4.90 Å². The van der Waals surface area contributed by atoms with Gasteiger partial charge in [-0.2, -0.15) is 0 Å². The first kappa shape index (κ1) is 30.3. The maximum Gasteiger partial charge on any atom is 0.328 e. The van der Waals surface area contributed by atoms with Crippen molar-refractivity contribution in [1.29, 1.82) is 0 Å². The topological polar surface area (TPSA) is 98.4 Å². The van der Waals surface area contributed by atoms with Crippen molar-refractivity contribution in [3.05, 3.63) is 94.7 Å². The maximum atomic E-state index is 13.3. The molecule has 228 valence electrons. The first-order valence-electron chi connectivity index (χ1n) is 14.2. The van der Waals surface area contributed by atoms with Gasteiger partial charge in [-0.15, -0.1) is 0 Å². The molecule has 5 rings (SSSR count). The Hall–Kier alpha value is -4.19. The molecule has 1 fully saturated rings. The van der Waals surface area contributed by atoms with Crippen molar-refractivity contribution in [2.75, 3.05) is 53.1 Å². The van der Waals surface area contributed by atoms with Crippen LogP contribution in [0.4, 0.5) is 4.39 Å². The van der Waals surface area contributed by atoms with Crippen LogP contribution >= 0.6 is 0 Å². The molecular formula is C32H37FN4O6. The summed E-state index contributed by atoms with van der Waals surface area (Å²) in [5.41, 5.74) is 1.32. The summed E-state index contributed by atoms with van der Waals surface area (Å²) in [5.74, 6) is 0.534. The summed E-state index contributed by atoms with van der Waals surface area (Å²) in [6.45, 7) is 2.48. The Bertz CT molecular complexity index is 1590. The zero-order valence-corrected chi connectivity index (χ0v) is 24.4. The molecule has 0 aliphatic carbocycles. The summed E-state index contributed by atoms with van der Waals surface area (Å²) < 4.78 is 33.5. The number of benzene rings is 3. The monoisotopic (exact) mass is 592 g/mol. The molecule has 3 aromatic carbocycles. The number of ether oxygens (including phenoxy) is 3. The molecular weight excluding hydrogens is 555 g/mol. The van der Waals surface area contributed by atoms with E-state index in [0.29, 0.717) is 44.3 Å². The number of aromatic nitrogens is 2. The normalized spacial score (nSPS) is 17.6. The number of methoxy groups -OCH3 is 1. The van der Waals surface area contributed by atoms with Gasteiger partial charge >= 0.3 is 5.69 Å². The number of carbonyl (C=O) groups excluding carboxylic acids is 1. The number of carbonyl (C=O) groups is 1. The summed E-state index contributed by atoms with van der Waals surface area (Å²) >= 11 is 0. The Morgan fingerprint density at radius 2 is 1.60 bits per heavy atom. The molecule has 1 aromatic heterocycles. The highest BCUT2D eigenvalue weighted by Gasteiger charge is 2.37. The molecule has 1 N–H and O–H groups in total. The van der Waals surface area contributed by atoms with Crippen molar-refractivity contribution in [2.45, 2.75) is 18.7 Å². The number of hydrogen-bond acceptors (Lipinski definition) is 7. The Morgan fingerprint density at radius 1 is 0.930 bits per heavy atom. The minimum Gasteiger partial charge on any atom is -0.492 e. The van der Waals surface area contributed by atoms with Gasteiger partial charge in [0.2, 0.25) is 5.91 Å². The zero-order valence-electron chi connectivity index (χ0n) is 24.4. The lowest BCUT2D eigenvalue weighted by molar-refractivity contribution is -0.138. The Kier molecular flexibility index (Phi) is 9.44. The van der Waals surface area contributed by atoms with Crippen LogP contribution in [0, 0.1) is 5.82 Å². The third kappa shape index (κ3) is 7.42. The van der Waals surface area contributed by atoms with Gasteiger partial charge in [0.15, 0.2) is 0 Å². The Balaban J connectivity index is 1.21. The minimum atomic E-state index is -1.36. The third-order valence-corrected chi connectivity index (χ3v) is 7.60. The number of aryl methyl sites for hydroxylation is 1. The first-order chi connectivity index (χ1) is 20.7. The van der Waals surface area contributed by atoms with Crippen molar-refractivity contribution in [1.82, 2.24) is 18.9 Å². The number of amides is 1. The summed E-state index contributed by atoms with van der Waals surface area (Å²) in [6, 6.07) is 21.0. The van der Waals surface area contributed by atoms with Gasteiger partial charge < -0.3 is 24.2 Å². The van der Waals surface area contributed by atoms with E-state index in [1.807, 2.05) is 48.5 Å². The van der Waals surface area contributed by atoms with Gasteiger partial charge in [0, 0.05) is 40.3 Å². The van der Waals surface area contributed by atoms with Gasteiger partial charge in [0.1, 0.15) is 42.7 Å². The van der Waals surface area contributed by atoms with E-state index in [1.54, 1.807) is 21.1 Å². The lowest BCUT2D eigenvalue weighted by atomic mass is 10.0. The lowest BCUT2D eigenvalue weighted by Gasteiger charge is -2.33. The van der Waals surface area contributed by atoms with Crippen molar-refractivity contribution in [2.24, 2.45) is 7.05 Å². The van der Waals surface area contributed by atoms with Crippen LogP contribution in [0.1, 0.15) is 5.56 Å². The predicted molar refractivity (Wildman–Crippen MR) is 160 cm³/mol.